The summed E-state index contributed by atoms with van der Waals surface area (Å²) in [6.07, 6.45) is 2.46. The van der Waals surface area contributed by atoms with Gasteiger partial charge in [-0.1, -0.05) is 0 Å². The van der Waals surface area contributed by atoms with Crippen LogP contribution in [0.1, 0.15) is 83.4 Å². The van der Waals surface area contributed by atoms with Crippen molar-refractivity contribution < 1.29 is 28.6 Å². The van der Waals surface area contributed by atoms with Crippen molar-refractivity contribution in [3.63, 3.8) is 0 Å². The number of fused-ring (bicyclic) bond motifs is 3. The summed E-state index contributed by atoms with van der Waals surface area (Å²) >= 11 is 0. The molecule has 0 aromatic carbocycles. The van der Waals surface area contributed by atoms with Gasteiger partial charge in [-0.3, -0.25) is 0 Å². The van der Waals surface area contributed by atoms with Crippen LogP contribution in [0.5, 0.6) is 0 Å². The Morgan fingerprint density at radius 1 is 0.886 bits per heavy atom. The number of amides is 1. The van der Waals surface area contributed by atoms with Crippen LogP contribution in [0.15, 0.2) is 24.3 Å². The molecule has 5 heterocycles. The van der Waals surface area contributed by atoms with Gasteiger partial charge in [-0.15, -0.1) is 5.10 Å². The van der Waals surface area contributed by atoms with E-state index in [1.807, 2.05) is 25.7 Å². The van der Waals surface area contributed by atoms with E-state index in [1.54, 1.807) is 52.0 Å². The average molecular weight is 608 g/mol. The Hall–Kier alpha value is -4.42. The van der Waals surface area contributed by atoms with E-state index in [4.69, 9.17) is 19.2 Å². The van der Waals surface area contributed by atoms with E-state index in [0.717, 1.165) is 31.1 Å². The number of rotatable bonds is 5. The van der Waals surface area contributed by atoms with E-state index in [2.05, 4.69) is 20.7 Å². The Morgan fingerprint density at radius 3 is 2.14 bits per heavy atom. The van der Waals surface area contributed by atoms with Gasteiger partial charge in [0.2, 0.25) is 0 Å². The molecule has 13 heteroatoms. The minimum Gasteiger partial charge on any atom is -0.464 e. The van der Waals surface area contributed by atoms with Crippen LogP contribution in [-0.2, 0) is 14.2 Å². The Bertz CT molecular complexity index is 1570. The number of nitrogens with zero attached hydrogens (tertiary/aromatic N) is 5. The van der Waals surface area contributed by atoms with E-state index >= 15 is 0 Å². The van der Waals surface area contributed by atoms with Gasteiger partial charge in [-0.05, 0) is 86.3 Å². The van der Waals surface area contributed by atoms with Crippen LogP contribution in [-0.4, -0.2) is 79.2 Å². The normalized spacial score (nSPS) is 19.9. The summed E-state index contributed by atoms with van der Waals surface area (Å²) in [6.45, 7) is 12.8. The van der Waals surface area contributed by atoms with Crippen molar-refractivity contribution >= 4 is 46.5 Å². The molecule has 1 amide bonds. The van der Waals surface area contributed by atoms with Gasteiger partial charge in [0.25, 0.3) is 0 Å². The number of nitrogens with one attached hydrogen (secondary N) is 2. The van der Waals surface area contributed by atoms with Crippen molar-refractivity contribution in [1.29, 1.82) is 0 Å². The summed E-state index contributed by atoms with van der Waals surface area (Å²) in [5.41, 5.74) is 0.0373. The highest BCUT2D eigenvalue weighted by atomic mass is 16.6. The van der Waals surface area contributed by atoms with Gasteiger partial charge in [0.05, 0.1) is 12.6 Å². The number of carbonyl (C=O) groups is 3. The second kappa shape index (κ2) is 11.6. The van der Waals surface area contributed by atoms with Gasteiger partial charge in [-0.25, -0.2) is 24.4 Å². The zero-order valence-electron chi connectivity index (χ0n) is 26.6. The predicted octanol–water partition coefficient (Wildman–Crippen LogP) is 5.79. The van der Waals surface area contributed by atoms with Crippen molar-refractivity contribution in [1.82, 2.24) is 24.6 Å². The summed E-state index contributed by atoms with van der Waals surface area (Å²) in [4.78, 5) is 49.2. The molecular formula is C31H41N7O6. The molecule has 0 spiro atoms. The molecule has 0 radical (unpaired) electrons. The number of aromatic nitrogens is 4. The van der Waals surface area contributed by atoms with Crippen molar-refractivity contribution in [3.8, 4) is 0 Å². The Balaban J connectivity index is 1.42. The molecule has 44 heavy (non-hydrogen) atoms. The van der Waals surface area contributed by atoms with Crippen LogP contribution in [0.2, 0.25) is 0 Å². The fraction of sp³-hybridized carbons (Fsp3) is 0.548. The number of hydrogen-bond donors (Lipinski definition) is 2. The van der Waals surface area contributed by atoms with Crippen molar-refractivity contribution in [3.05, 3.63) is 35.7 Å². The molecule has 5 rings (SSSR count). The second-order valence-electron chi connectivity index (χ2n) is 13.4. The first-order chi connectivity index (χ1) is 20.6. The molecule has 13 nitrogen and oxygen atoms in total. The monoisotopic (exact) mass is 607 g/mol. The lowest BCUT2D eigenvalue weighted by Crippen LogP contribution is -2.51. The Kier molecular flexibility index (Phi) is 8.17. The molecule has 2 aliphatic rings. The van der Waals surface area contributed by atoms with Gasteiger partial charge >= 0.3 is 18.2 Å². The van der Waals surface area contributed by atoms with Crippen molar-refractivity contribution in [2.24, 2.45) is 0 Å². The Morgan fingerprint density at radius 2 is 1.52 bits per heavy atom. The van der Waals surface area contributed by atoms with Gasteiger partial charge < -0.3 is 29.7 Å². The van der Waals surface area contributed by atoms with Crippen molar-refractivity contribution in [2.45, 2.75) is 103 Å². The van der Waals surface area contributed by atoms with Crippen LogP contribution in [0, 0.1) is 6.92 Å². The van der Waals surface area contributed by atoms with E-state index < -0.39 is 23.3 Å². The highest BCUT2D eigenvalue weighted by molar-refractivity contribution is 5.96. The number of methoxy groups -OCH3 is 1. The van der Waals surface area contributed by atoms with E-state index in [1.165, 1.54) is 11.8 Å². The lowest BCUT2D eigenvalue weighted by molar-refractivity contribution is 0.00678. The zero-order chi connectivity index (χ0) is 32.0. The molecule has 0 aliphatic carbocycles. The van der Waals surface area contributed by atoms with Crippen molar-refractivity contribution in [2.75, 3.05) is 17.7 Å². The standard InChI is InChI=1S/C31H41N7O6/c1-17-13-25(36-38(17)29(41)44-31(5,6)7)34-24-16-23-21(11-12-22(33-23)27(39)42-8)26(35-24)32-18-14-19-9-10-20(15-18)37(19)28(40)43-30(2,3)4/h11-13,16,18-20H,9-10,14-15H2,1-8H3,(H2,32,34,35,36). The van der Waals surface area contributed by atoms with Crippen LogP contribution < -0.4 is 10.6 Å². The fourth-order valence-corrected chi connectivity index (χ4v) is 5.78. The first-order valence-electron chi connectivity index (χ1n) is 14.9. The number of hydrogen-bond acceptors (Lipinski definition) is 11. The van der Waals surface area contributed by atoms with E-state index in [9.17, 15) is 14.4 Å². The highest BCUT2D eigenvalue weighted by Gasteiger charge is 2.45. The number of aryl methyl sites for hydroxylation is 1. The second-order valence-corrected chi connectivity index (χ2v) is 13.4. The molecule has 2 unspecified atom stereocenters. The number of ether oxygens (including phenoxy) is 3. The van der Waals surface area contributed by atoms with Gasteiger partial charge in [0.15, 0.2) is 5.82 Å². The molecule has 2 aliphatic heterocycles. The van der Waals surface area contributed by atoms with Gasteiger partial charge in [-0.2, -0.15) is 4.68 Å². The SMILES string of the molecule is COC(=O)c1ccc2c(NC3CC4CCC(C3)N4C(=O)OC(C)(C)C)nc(Nc3cc(C)n(C(=O)OC(C)(C)C)n3)cc2n1. The number of pyridine rings is 2. The van der Waals surface area contributed by atoms with Crippen LogP contribution in [0.25, 0.3) is 10.9 Å². The molecule has 2 bridgehead atoms. The minimum absolute atomic E-state index is 0.0473. The molecule has 2 fully saturated rings. The summed E-state index contributed by atoms with van der Waals surface area (Å²) in [7, 11) is 1.31. The highest BCUT2D eigenvalue weighted by Crippen LogP contribution is 2.38. The summed E-state index contributed by atoms with van der Waals surface area (Å²) in [5.74, 6) is 0.828. The third-order valence-electron chi connectivity index (χ3n) is 7.47. The molecule has 236 valence electrons. The molecule has 2 saturated heterocycles. The molecular weight excluding hydrogens is 566 g/mol. The zero-order valence-corrected chi connectivity index (χ0v) is 26.6. The van der Waals surface area contributed by atoms with Gasteiger partial charge in [0, 0.05) is 41.3 Å². The maximum atomic E-state index is 13.0. The number of piperidine rings is 1. The lowest BCUT2D eigenvalue weighted by Gasteiger charge is -2.39. The molecule has 2 N–H and O–H groups in total. The van der Waals surface area contributed by atoms with Crippen LogP contribution >= 0.6 is 0 Å². The maximum Gasteiger partial charge on any atom is 0.435 e. The number of carbonyl (C=O) groups excluding carboxylic acids is 3. The quantitative estimate of drug-likeness (QED) is 0.268. The minimum atomic E-state index is -0.672. The number of esters is 1. The van der Waals surface area contributed by atoms with E-state index in [-0.39, 0.29) is 29.9 Å². The van der Waals surface area contributed by atoms with Gasteiger partial charge in [0.1, 0.15) is 28.5 Å². The topological polar surface area (TPSA) is 150 Å². The molecule has 2 atom stereocenters. The fourth-order valence-electron chi connectivity index (χ4n) is 5.78. The predicted molar refractivity (Wildman–Crippen MR) is 164 cm³/mol. The molecule has 3 aromatic heterocycles. The lowest BCUT2D eigenvalue weighted by atomic mass is 9.97. The third-order valence-corrected chi connectivity index (χ3v) is 7.47. The van der Waals surface area contributed by atoms with Crippen LogP contribution in [0.3, 0.4) is 0 Å². The largest absolute Gasteiger partial charge is 0.464 e. The number of anilines is 3. The maximum absolute atomic E-state index is 13.0. The third kappa shape index (κ3) is 6.87. The molecule has 3 aromatic rings. The first kappa shape index (κ1) is 31.0. The summed E-state index contributed by atoms with van der Waals surface area (Å²) in [5, 5.41) is 11.9. The Labute approximate surface area is 256 Å². The van der Waals surface area contributed by atoms with Crippen LogP contribution in [0.4, 0.5) is 27.0 Å². The smallest absolute Gasteiger partial charge is 0.435 e. The first-order valence-corrected chi connectivity index (χ1v) is 14.9. The summed E-state index contributed by atoms with van der Waals surface area (Å²) < 4.78 is 17.2. The average Bonchev–Trinajstić information content (AvgIpc) is 3.41. The summed E-state index contributed by atoms with van der Waals surface area (Å²) in [6, 6.07) is 7.00. The van der Waals surface area contributed by atoms with E-state index in [0.29, 0.717) is 28.7 Å². The molecule has 0 saturated carbocycles.